The Balaban J connectivity index is 0.00000221. The van der Waals surface area contributed by atoms with Crippen LogP contribution in [-0.2, 0) is 24.1 Å². The highest BCUT2D eigenvalue weighted by molar-refractivity contribution is 7.86. The molecular weight excluding hydrogens is 625 g/mol. The fourth-order valence-electron chi connectivity index (χ4n) is 5.35. The monoisotopic (exact) mass is 666 g/mol. The van der Waals surface area contributed by atoms with Crippen molar-refractivity contribution >= 4 is 28.3 Å². The number of benzene rings is 4. The van der Waals surface area contributed by atoms with Crippen LogP contribution in [0.3, 0.4) is 0 Å². The quantitative estimate of drug-likeness (QED) is 0.175. The van der Waals surface area contributed by atoms with Crippen LogP contribution in [-0.4, -0.2) is 63.3 Å². The Morgan fingerprint density at radius 3 is 2.33 bits per heavy atom. The van der Waals surface area contributed by atoms with Crippen LogP contribution in [0.4, 0.5) is 11.4 Å². The normalized spacial score (nSPS) is 13.2. The highest BCUT2D eigenvalue weighted by atomic mass is 32.2. The molecule has 1 N–H and O–H groups in total. The first-order valence-corrected chi connectivity index (χ1v) is 17.2. The van der Waals surface area contributed by atoms with Gasteiger partial charge in [0.15, 0.2) is 0 Å². The first-order chi connectivity index (χ1) is 23.5. The fraction of sp³-hybridized carbons (Fsp3) is 0.270. The molecule has 250 valence electrons. The molecule has 1 aromatic heterocycles. The van der Waals surface area contributed by atoms with E-state index in [1.165, 1.54) is 0 Å². The summed E-state index contributed by atoms with van der Waals surface area (Å²) in [5.74, 6) is 1.42. The number of piperazine rings is 1. The van der Waals surface area contributed by atoms with E-state index in [0.717, 1.165) is 28.3 Å². The summed E-state index contributed by atoms with van der Waals surface area (Å²) in [5.41, 5.74) is 4.97. The van der Waals surface area contributed by atoms with Crippen molar-refractivity contribution in [3.05, 3.63) is 126 Å². The SMILES string of the molecule is CC.COc1ccccc1N1CCN(C(=O)c2cc(S(=O)Nc3ccc(OCc4cn(Cc5ccccc5)nn4)cc3)ccc2C)CC1. The number of hydrogen-bond acceptors (Lipinski definition) is 7. The molecule has 6 rings (SSSR count). The number of para-hydroxylation sites is 2. The molecule has 48 heavy (non-hydrogen) atoms. The molecule has 1 aliphatic heterocycles. The van der Waals surface area contributed by atoms with E-state index >= 15 is 0 Å². The van der Waals surface area contributed by atoms with Gasteiger partial charge in [-0.2, -0.15) is 0 Å². The number of methoxy groups -OCH3 is 1. The van der Waals surface area contributed by atoms with E-state index in [9.17, 15) is 9.00 Å². The van der Waals surface area contributed by atoms with Crippen molar-refractivity contribution in [1.82, 2.24) is 19.9 Å². The molecule has 0 radical (unpaired) electrons. The maximum absolute atomic E-state index is 13.5. The predicted octanol–water partition coefficient (Wildman–Crippen LogP) is 6.35. The third-order valence-corrected chi connectivity index (χ3v) is 8.97. The van der Waals surface area contributed by atoms with Crippen molar-refractivity contribution in [2.24, 2.45) is 0 Å². The number of anilines is 2. The Morgan fingerprint density at radius 2 is 1.60 bits per heavy atom. The van der Waals surface area contributed by atoms with Gasteiger partial charge in [-0.1, -0.05) is 67.6 Å². The first-order valence-electron chi connectivity index (χ1n) is 16.1. The fourth-order valence-corrected chi connectivity index (χ4v) is 6.24. The van der Waals surface area contributed by atoms with Crippen LogP contribution in [0.5, 0.6) is 11.5 Å². The Kier molecular flexibility index (Phi) is 11.8. The number of nitrogens with one attached hydrogen (secondary N) is 1. The third-order valence-electron chi connectivity index (χ3n) is 7.87. The topological polar surface area (TPSA) is 102 Å². The minimum atomic E-state index is -1.57. The smallest absolute Gasteiger partial charge is 0.254 e. The summed E-state index contributed by atoms with van der Waals surface area (Å²) in [6.45, 7) is 9.40. The molecular formula is C37H42N6O4S. The number of aryl methyl sites for hydroxylation is 1. The van der Waals surface area contributed by atoms with Crippen molar-refractivity contribution < 1.29 is 18.5 Å². The van der Waals surface area contributed by atoms with E-state index in [0.29, 0.717) is 54.6 Å². The minimum absolute atomic E-state index is 0.0578. The predicted molar refractivity (Wildman–Crippen MR) is 190 cm³/mol. The van der Waals surface area contributed by atoms with Gasteiger partial charge in [0.2, 0.25) is 0 Å². The Bertz CT molecular complexity index is 1800. The van der Waals surface area contributed by atoms with Crippen LogP contribution in [0.15, 0.2) is 108 Å². The molecule has 1 aliphatic rings. The van der Waals surface area contributed by atoms with Gasteiger partial charge in [-0.25, -0.2) is 8.89 Å². The molecule has 11 heteroatoms. The second-order valence-corrected chi connectivity index (χ2v) is 12.2. The van der Waals surface area contributed by atoms with E-state index in [4.69, 9.17) is 9.47 Å². The highest BCUT2D eigenvalue weighted by Gasteiger charge is 2.25. The number of nitrogens with zero attached hydrogens (tertiary/aromatic N) is 5. The zero-order valence-electron chi connectivity index (χ0n) is 27.8. The number of carbonyl (C=O) groups is 1. The van der Waals surface area contributed by atoms with E-state index in [-0.39, 0.29) is 12.5 Å². The van der Waals surface area contributed by atoms with Crippen LogP contribution in [0, 0.1) is 6.92 Å². The number of ether oxygens (including phenoxy) is 2. The molecule has 5 aromatic rings. The first kappa shape index (κ1) is 34.2. The van der Waals surface area contributed by atoms with Gasteiger partial charge in [0, 0.05) is 37.4 Å². The van der Waals surface area contributed by atoms with E-state index in [1.54, 1.807) is 36.1 Å². The lowest BCUT2D eigenvalue weighted by Crippen LogP contribution is -2.49. The maximum Gasteiger partial charge on any atom is 0.254 e. The summed E-state index contributed by atoms with van der Waals surface area (Å²) < 4.78 is 29.5. The van der Waals surface area contributed by atoms with Crippen molar-refractivity contribution in [1.29, 1.82) is 0 Å². The lowest BCUT2D eigenvalue weighted by Gasteiger charge is -2.36. The zero-order valence-corrected chi connectivity index (χ0v) is 28.7. The molecule has 1 unspecified atom stereocenters. The standard InChI is InChI=1S/C35H36N6O4S.C2H6/c1-26-12-17-31(22-32(26)35(42)40-20-18-39(19-21-40)33-10-6-7-11-34(33)44-2)46(43)37-28-13-15-30(16-14-28)45-25-29-24-41(38-36-29)23-27-8-4-3-5-9-27;1-2/h3-17,22,24,37H,18-21,23,25H2,1-2H3;1-2H3. The number of amides is 1. The van der Waals surface area contributed by atoms with Gasteiger partial charge in [0.25, 0.3) is 5.91 Å². The lowest BCUT2D eigenvalue weighted by molar-refractivity contribution is 0.0745. The van der Waals surface area contributed by atoms with Gasteiger partial charge in [-0.15, -0.1) is 5.10 Å². The van der Waals surface area contributed by atoms with Gasteiger partial charge in [-0.05, 0) is 66.6 Å². The van der Waals surface area contributed by atoms with Crippen molar-refractivity contribution in [2.75, 3.05) is 42.9 Å². The minimum Gasteiger partial charge on any atom is -0.495 e. The molecule has 10 nitrogen and oxygen atoms in total. The van der Waals surface area contributed by atoms with Crippen LogP contribution < -0.4 is 19.1 Å². The van der Waals surface area contributed by atoms with Crippen molar-refractivity contribution in [3.63, 3.8) is 0 Å². The van der Waals surface area contributed by atoms with Gasteiger partial charge < -0.3 is 24.0 Å². The average molecular weight is 667 g/mol. The highest BCUT2D eigenvalue weighted by Crippen LogP contribution is 2.29. The molecule has 2 heterocycles. The summed E-state index contributed by atoms with van der Waals surface area (Å²) in [4.78, 5) is 18.2. The molecule has 0 spiro atoms. The number of aromatic nitrogens is 3. The molecule has 4 aromatic carbocycles. The van der Waals surface area contributed by atoms with Gasteiger partial charge in [-0.3, -0.25) is 4.79 Å². The zero-order chi connectivity index (χ0) is 33.9. The second kappa shape index (κ2) is 16.6. The molecule has 0 bridgehead atoms. The van der Waals surface area contributed by atoms with Crippen LogP contribution in [0.2, 0.25) is 0 Å². The molecule has 1 amide bonds. The van der Waals surface area contributed by atoms with Crippen LogP contribution >= 0.6 is 0 Å². The number of hydrogen-bond donors (Lipinski definition) is 1. The summed E-state index contributed by atoms with van der Waals surface area (Å²) in [6, 6.07) is 30.6. The Labute approximate surface area is 284 Å². The lowest BCUT2D eigenvalue weighted by atomic mass is 10.1. The van der Waals surface area contributed by atoms with Crippen LogP contribution in [0.1, 0.15) is 41.0 Å². The Hall–Kier alpha value is -5.16. The van der Waals surface area contributed by atoms with Crippen molar-refractivity contribution in [2.45, 2.75) is 38.8 Å². The van der Waals surface area contributed by atoms with Gasteiger partial charge in [0.1, 0.15) is 34.8 Å². The molecule has 1 fully saturated rings. The average Bonchev–Trinajstić information content (AvgIpc) is 3.59. The number of carbonyl (C=O) groups excluding carboxylic acids is 1. The summed E-state index contributed by atoms with van der Waals surface area (Å²) in [7, 11) is 0.100. The molecule has 0 aliphatic carbocycles. The molecule has 1 atom stereocenters. The maximum atomic E-state index is 13.5. The van der Waals surface area contributed by atoms with Gasteiger partial charge >= 0.3 is 0 Å². The summed E-state index contributed by atoms with van der Waals surface area (Å²) >= 11 is 0. The van der Waals surface area contributed by atoms with Gasteiger partial charge in [0.05, 0.1) is 30.4 Å². The largest absolute Gasteiger partial charge is 0.495 e. The van der Waals surface area contributed by atoms with E-state index in [2.05, 4.69) is 19.9 Å². The third kappa shape index (κ3) is 8.60. The molecule has 1 saturated heterocycles. The number of rotatable bonds is 11. The summed E-state index contributed by atoms with van der Waals surface area (Å²) in [6.07, 6.45) is 1.87. The van der Waals surface area contributed by atoms with E-state index < -0.39 is 11.0 Å². The van der Waals surface area contributed by atoms with Crippen molar-refractivity contribution in [3.8, 4) is 11.5 Å². The van der Waals surface area contributed by atoms with E-state index in [1.807, 2.05) is 105 Å². The molecule has 0 saturated carbocycles. The second-order valence-electron chi connectivity index (χ2n) is 11.0. The Morgan fingerprint density at radius 1 is 0.896 bits per heavy atom. The van der Waals surface area contributed by atoms with Crippen LogP contribution in [0.25, 0.3) is 0 Å². The summed E-state index contributed by atoms with van der Waals surface area (Å²) in [5, 5.41) is 8.38.